The van der Waals surface area contributed by atoms with E-state index >= 15 is 0 Å². The highest BCUT2D eigenvalue weighted by Gasteiger charge is 2.32. The number of carbonyl (C=O) groups excluding carboxylic acids is 2. The monoisotopic (exact) mass is 644 g/mol. The van der Waals surface area contributed by atoms with Crippen molar-refractivity contribution in [3.8, 4) is 5.75 Å². The molecule has 1 saturated heterocycles. The number of hydrogen-bond acceptors (Lipinski definition) is 6. The largest absolute Gasteiger partial charge is 0.483 e. The summed E-state index contributed by atoms with van der Waals surface area (Å²) in [6.07, 6.45) is 0.646. The highest BCUT2D eigenvalue weighted by molar-refractivity contribution is 5.78. The number of rotatable bonds is 17. The van der Waals surface area contributed by atoms with Gasteiger partial charge in [-0.05, 0) is 67.7 Å². The molecule has 47 heavy (non-hydrogen) atoms. The van der Waals surface area contributed by atoms with Gasteiger partial charge in [-0.2, -0.15) is 0 Å². The van der Waals surface area contributed by atoms with Crippen LogP contribution in [0.15, 0.2) is 78.9 Å². The summed E-state index contributed by atoms with van der Waals surface area (Å²) in [6, 6.07) is 24.4. The van der Waals surface area contributed by atoms with E-state index in [2.05, 4.69) is 29.8 Å². The molecule has 4 rings (SSSR count). The number of urea groups is 1. The predicted octanol–water partition coefficient (Wildman–Crippen LogP) is 4.51. The Morgan fingerprint density at radius 2 is 1.51 bits per heavy atom. The normalized spacial score (nSPS) is 16.6. The topological polar surface area (TPSA) is 123 Å². The molecule has 0 saturated carbocycles. The summed E-state index contributed by atoms with van der Waals surface area (Å²) in [5, 5.41) is 32.4. The van der Waals surface area contributed by atoms with Crippen LogP contribution < -0.4 is 20.7 Å². The molecule has 1 fully saturated rings. The number of nitrogens with one attached hydrogen (secondary N) is 3. The van der Waals surface area contributed by atoms with Crippen LogP contribution in [0.25, 0.3) is 0 Å². The van der Waals surface area contributed by atoms with Gasteiger partial charge in [0.25, 0.3) is 5.91 Å². The number of benzene rings is 3. The summed E-state index contributed by atoms with van der Waals surface area (Å²) < 4.78 is 5.92. The van der Waals surface area contributed by atoms with Gasteiger partial charge in [-0.25, -0.2) is 4.79 Å². The fraction of sp³-hybridized carbons (Fsp3) is 0.474. The average molecular weight is 645 g/mol. The van der Waals surface area contributed by atoms with Crippen LogP contribution in [-0.4, -0.2) is 77.2 Å². The van der Waals surface area contributed by atoms with Crippen LogP contribution in [0.3, 0.4) is 0 Å². The summed E-state index contributed by atoms with van der Waals surface area (Å²) in [5.41, 5.74) is 3.95. The number of nitrogens with zero attached hydrogens (tertiary/aromatic N) is 1. The number of para-hydroxylation sites is 1. The molecule has 3 aromatic carbocycles. The molecule has 1 aliphatic heterocycles. The Hall–Kier alpha value is -3.92. The summed E-state index contributed by atoms with van der Waals surface area (Å²) in [5.74, 6) is 0.509. The van der Waals surface area contributed by atoms with Crippen molar-refractivity contribution >= 4 is 11.9 Å². The molecule has 3 amide bonds. The molecular weight excluding hydrogens is 592 g/mol. The van der Waals surface area contributed by atoms with Crippen molar-refractivity contribution in [1.29, 1.82) is 0 Å². The number of hydrogen-bond donors (Lipinski definition) is 5. The second-order valence-electron chi connectivity index (χ2n) is 13.1. The van der Waals surface area contributed by atoms with Crippen molar-refractivity contribution in [2.75, 3.05) is 19.7 Å². The first-order valence-corrected chi connectivity index (χ1v) is 16.8. The molecule has 3 aromatic rings. The van der Waals surface area contributed by atoms with Crippen LogP contribution in [-0.2, 0) is 17.6 Å². The third kappa shape index (κ3) is 11.1. The molecule has 1 heterocycles. The van der Waals surface area contributed by atoms with Gasteiger partial charge in [0.1, 0.15) is 12.0 Å². The third-order valence-corrected chi connectivity index (χ3v) is 8.89. The van der Waals surface area contributed by atoms with Crippen LogP contribution in [0.4, 0.5) is 4.79 Å². The Morgan fingerprint density at radius 1 is 0.894 bits per heavy atom. The van der Waals surface area contributed by atoms with Crippen molar-refractivity contribution in [3.05, 3.63) is 101 Å². The van der Waals surface area contributed by atoms with Gasteiger partial charge in [0.15, 0.2) is 6.61 Å². The molecule has 254 valence electrons. The second kappa shape index (κ2) is 17.8. The molecule has 9 heteroatoms. The lowest BCUT2D eigenvalue weighted by Crippen LogP contribution is -2.55. The Balaban J connectivity index is 1.48. The molecule has 0 bridgehead atoms. The van der Waals surface area contributed by atoms with Gasteiger partial charge in [0, 0.05) is 31.6 Å². The van der Waals surface area contributed by atoms with Crippen molar-refractivity contribution in [1.82, 2.24) is 20.9 Å². The maximum Gasteiger partial charge on any atom is 0.317 e. The second-order valence-corrected chi connectivity index (χ2v) is 13.1. The first-order valence-electron chi connectivity index (χ1n) is 16.8. The first kappa shape index (κ1) is 35.9. The van der Waals surface area contributed by atoms with Gasteiger partial charge in [-0.3, -0.25) is 10.1 Å². The molecule has 5 unspecified atom stereocenters. The standard InChI is InChI=1S/C38H52N4O5/c1-26(2)33(42-20-12-19-39-38(42)46)24-35(44)40-31(21-29-15-7-5-8-16-29)23-34(43)32(22-30-17-9-6-10-18-30)41-36(45)25-47-37-27(3)13-11-14-28(37)4/h5-11,13-18,26,31-35,40,43-44H,12,19-25H2,1-4H3,(H,39,46)(H,41,45). The highest BCUT2D eigenvalue weighted by atomic mass is 16.5. The lowest BCUT2D eigenvalue weighted by Gasteiger charge is -2.39. The number of aryl methyl sites for hydroxylation is 2. The molecule has 0 aliphatic carbocycles. The van der Waals surface area contributed by atoms with Crippen molar-refractivity contribution in [2.24, 2.45) is 5.92 Å². The third-order valence-electron chi connectivity index (χ3n) is 8.89. The van der Waals surface area contributed by atoms with E-state index in [1.54, 1.807) is 0 Å². The van der Waals surface area contributed by atoms with Gasteiger partial charge in [0.05, 0.1) is 12.1 Å². The van der Waals surface area contributed by atoms with Crippen LogP contribution in [0.2, 0.25) is 0 Å². The van der Waals surface area contributed by atoms with Crippen molar-refractivity contribution in [3.63, 3.8) is 0 Å². The molecule has 5 atom stereocenters. The minimum atomic E-state index is -0.929. The lowest BCUT2D eigenvalue weighted by molar-refractivity contribution is -0.124. The van der Waals surface area contributed by atoms with Gasteiger partial charge >= 0.3 is 6.03 Å². The van der Waals surface area contributed by atoms with E-state index in [0.717, 1.165) is 28.7 Å². The van der Waals surface area contributed by atoms with Crippen LogP contribution in [0.5, 0.6) is 5.75 Å². The highest BCUT2D eigenvalue weighted by Crippen LogP contribution is 2.23. The van der Waals surface area contributed by atoms with E-state index in [-0.39, 0.29) is 43.0 Å². The molecule has 9 nitrogen and oxygen atoms in total. The minimum absolute atomic E-state index is 0.0977. The van der Waals surface area contributed by atoms with E-state index in [0.29, 0.717) is 38.1 Å². The van der Waals surface area contributed by atoms with E-state index in [1.165, 1.54) is 0 Å². The molecular formula is C38H52N4O5. The SMILES string of the molecule is Cc1cccc(C)c1OCC(=O)NC(Cc1ccccc1)C(O)CC(Cc1ccccc1)NC(O)CC(C(C)C)N1CCCNC1=O. The van der Waals surface area contributed by atoms with E-state index < -0.39 is 18.4 Å². The predicted molar refractivity (Wildman–Crippen MR) is 185 cm³/mol. The molecule has 0 aromatic heterocycles. The maximum absolute atomic E-state index is 13.2. The zero-order valence-corrected chi connectivity index (χ0v) is 28.2. The fourth-order valence-corrected chi connectivity index (χ4v) is 6.42. The lowest BCUT2D eigenvalue weighted by atomic mass is 9.92. The number of aliphatic hydroxyl groups is 2. The summed E-state index contributed by atoms with van der Waals surface area (Å²) in [4.78, 5) is 27.7. The summed E-state index contributed by atoms with van der Waals surface area (Å²) in [6.45, 7) is 9.16. The van der Waals surface area contributed by atoms with Gasteiger partial charge in [0.2, 0.25) is 0 Å². The zero-order chi connectivity index (χ0) is 33.8. The van der Waals surface area contributed by atoms with E-state index in [4.69, 9.17) is 4.74 Å². The molecule has 0 radical (unpaired) electrons. The Labute approximate surface area is 279 Å². The van der Waals surface area contributed by atoms with Gasteiger partial charge in [-0.15, -0.1) is 0 Å². The first-order chi connectivity index (χ1) is 22.6. The number of amides is 3. The Bertz CT molecular complexity index is 1380. The number of aliphatic hydroxyl groups excluding tert-OH is 2. The van der Waals surface area contributed by atoms with Crippen LogP contribution in [0.1, 0.15) is 55.4 Å². The van der Waals surface area contributed by atoms with E-state index in [9.17, 15) is 19.8 Å². The summed E-state index contributed by atoms with van der Waals surface area (Å²) in [7, 11) is 0. The molecule has 0 spiro atoms. The van der Waals surface area contributed by atoms with Gasteiger partial charge < -0.3 is 30.5 Å². The van der Waals surface area contributed by atoms with Crippen LogP contribution in [0, 0.1) is 19.8 Å². The molecule has 5 N–H and O–H groups in total. The number of ether oxygens (including phenoxy) is 1. The zero-order valence-electron chi connectivity index (χ0n) is 28.2. The minimum Gasteiger partial charge on any atom is -0.483 e. The average Bonchev–Trinajstić information content (AvgIpc) is 3.04. The van der Waals surface area contributed by atoms with Crippen molar-refractivity contribution < 1.29 is 24.5 Å². The Morgan fingerprint density at radius 3 is 2.11 bits per heavy atom. The van der Waals surface area contributed by atoms with E-state index in [1.807, 2.05) is 97.6 Å². The maximum atomic E-state index is 13.2. The van der Waals surface area contributed by atoms with Crippen molar-refractivity contribution in [2.45, 2.75) is 90.3 Å². The summed E-state index contributed by atoms with van der Waals surface area (Å²) >= 11 is 0. The van der Waals surface area contributed by atoms with Crippen LogP contribution >= 0.6 is 0 Å². The Kier molecular flexibility index (Phi) is 13.6. The number of carbonyl (C=O) groups is 2. The van der Waals surface area contributed by atoms with Gasteiger partial charge in [-0.1, -0.05) is 92.7 Å². The quantitative estimate of drug-likeness (QED) is 0.138. The molecule has 1 aliphatic rings. The fourth-order valence-electron chi connectivity index (χ4n) is 6.42. The smallest absolute Gasteiger partial charge is 0.317 e.